The lowest BCUT2D eigenvalue weighted by Crippen LogP contribution is -2.31. The molecule has 1 unspecified atom stereocenters. The van der Waals surface area contributed by atoms with E-state index in [0.29, 0.717) is 5.69 Å². The number of phenolic OH excluding ortho intramolecular Hbond substituents is 1. The predicted molar refractivity (Wildman–Crippen MR) is 88.8 cm³/mol. The number of nitro benzene ring substituents is 1. The highest BCUT2D eigenvalue weighted by atomic mass is 16.6. The van der Waals surface area contributed by atoms with Gasteiger partial charge < -0.3 is 10.4 Å². The van der Waals surface area contributed by atoms with Gasteiger partial charge in [-0.05, 0) is 25.1 Å². The van der Waals surface area contributed by atoms with Gasteiger partial charge in [0.15, 0.2) is 5.78 Å². The van der Waals surface area contributed by atoms with Crippen molar-refractivity contribution in [3.05, 3.63) is 58.6 Å². The van der Waals surface area contributed by atoms with Crippen molar-refractivity contribution >= 4 is 28.8 Å². The molecule has 9 nitrogen and oxygen atoms in total. The number of carbonyl (C=O) groups excluding carboxylic acids is 2. The fourth-order valence-electron chi connectivity index (χ4n) is 1.88. The standard InChI is InChI=1S/C16H14N4O5/c1-10(21)15(16(23)17-11-5-3-2-4-6-11)19-18-13-8-7-12(20(24)25)9-14(13)22/h2-9,15,22H,1H3,(H,17,23). The van der Waals surface area contributed by atoms with Crippen LogP contribution < -0.4 is 5.32 Å². The highest BCUT2D eigenvalue weighted by molar-refractivity contribution is 6.10. The van der Waals surface area contributed by atoms with Gasteiger partial charge in [0.1, 0.15) is 11.4 Å². The minimum atomic E-state index is -1.41. The average Bonchev–Trinajstić information content (AvgIpc) is 2.56. The van der Waals surface area contributed by atoms with E-state index < -0.39 is 28.4 Å². The molecule has 0 saturated heterocycles. The van der Waals surface area contributed by atoms with Gasteiger partial charge in [0.2, 0.25) is 6.04 Å². The predicted octanol–water partition coefficient (Wildman–Crippen LogP) is 2.98. The van der Waals surface area contributed by atoms with Crippen LogP contribution in [0.1, 0.15) is 6.92 Å². The van der Waals surface area contributed by atoms with Crippen molar-refractivity contribution in [3.8, 4) is 5.75 Å². The third-order valence-electron chi connectivity index (χ3n) is 3.13. The number of anilines is 1. The van der Waals surface area contributed by atoms with Gasteiger partial charge in [-0.2, -0.15) is 10.2 Å². The number of hydrogen-bond donors (Lipinski definition) is 2. The molecule has 2 N–H and O–H groups in total. The topological polar surface area (TPSA) is 134 Å². The molecule has 1 atom stereocenters. The van der Waals surface area contributed by atoms with E-state index in [1.165, 1.54) is 13.0 Å². The first-order valence-corrected chi connectivity index (χ1v) is 7.13. The summed E-state index contributed by atoms with van der Waals surface area (Å²) in [4.78, 5) is 33.8. The first-order valence-electron chi connectivity index (χ1n) is 7.13. The lowest BCUT2D eigenvalue weighted by molar-refractivity contribution is -0.384. The van der Waals surface area contributed by atoms with E-state index in [0.717, 1.165) is 12.1 Å². The summed E-state index contributed by atoms with van der Waals surface area (Å²) in [6, 6.07) is 10.3. The summed E-state index contributed by atoms with van der Waals surface area (Å²) in [5.41, 5.74) is 0.0814. The maximum Gasteiger partial charge on any atom is 0.273 e. The molecule has 0 radical (unpaired) electrons. The van der Waals surface area contributed by atoms with E-state index in [1.807, 2.05) is 0 Å². The van der Waals surface area contributed by atoms with Gasteiger partial charge in [0, 0.05) is 11.8 Å². The molecule has 128 valence electrons. The fraction of sp³-hybridized carbons (Fsp3) is 0.125. The highest BCUT2D eigenvalue weighted by Crippen LogP contribution is 2.30. The van der Waals surface area contributed by atoms with Gasteiger partial charge in [0.05, 0.1) is 11.0 Å². The molecule has 0 aliphatic rings. The van der Waals surface area contributed by atoms with E-state index in [9.17, 15) is 24.8 Å². The average molecular weight is 342 g/mol. The number of ketones is 1. The molecule has 0 bridgehead atoms. The molecular formula is C16H14N4O5. The number of Topliss-reactive ketones (excluding diaryl/α,β-unsaturated/α-hetero) is 1. The monoisotopic (exact) mass is 342 g/mol. The summed E-state index contributed by atoms with van der Waals surface area (Å²) in [5.74, 6) is -1.70. The first kappa shape index (κ1) is 17.7. The Labute approximate surface area is 142 Å². The zero-order chi connectivity index (χ0) is 18.4. The van der Waals surface area contributed by atoms with Crippen molar-refractivity contribution in [3.63, 3.8) is 0 Å². The summed E-state index contributed by atoms with van der Waals surface area (Å²) in [7, 11) is 0. The Bertz CT molecular complexity index is 836. The van der Waals surface area contributed by atoms with E-state index in [-0.39, 0.29) is 11.4 Å². The number of non-ortho nitro benzene ring substituents is 1. The van der Waals surface area contributed by atoms with Crippen molar-refractivity contribution in [1.29, 1.82) is 0 Å². The van der Waals surface area contributed by atoms with E-state index in [1.54, 1.807) is 30.3 Å². The zero-order valence-corrected chi connectivity index (χ0v) is 13.1. The molecule has 0 spiro atoms. The number of carbonyl (C=O) groups is 2. The first-order chi connectivity index (χ1) is 11.9. The number of amides is 1. The van der Waals surface area contributed by atoms with Gasteiger partial charge in [0.25, 0.3) is 11.6 Å². The van der Waals surface area contributed by atoms with E-state index >= 15 is 0 Å². The van der Waals surface area contributed by atoms with Crippen molar-refractivity contribution in [2.24, 2.45) is 10.2 Å². The molecule has 0 saturated carbocycles. The van der Waals surface area contributed by atoms with Crippen molar-refractivity contribution in [2.45, 2.75) is 13.0 Å². The molecule has 2 aromatic rings. The summed E-state index contributed by atoms with van der Waals surface area (Å²) in [5, 5.41) is 30.2. The Kier molecular flexibility index (Phi) is 5.51. The smallest absolute Gasteiger partial charge is 0.273 e. The van der Waals surface area contributed by atoms with Crippen LogP contribution in [0.15, 0.2) is 58.8 Å². The van der Waals surface area contributed by atoms with Crippen LogP contribution in [0.5, 0.6) is 5.75 Å². The second kappa shape index (κ2) is 7.77. The summed E-state index contributed by atoms with van der Waals surface area (Å²) in [6.45, 7) is 1.18. The lowest BCUT2D eigenvalue weighted by atomic mass is 10.2. The number of rotatable bonds is 6. The quantitative estimate of drug-likeness (QED) is 0.360. The third kappa shape index (κ3) is 4.67. The number of aromatic hydroxyl groups is 1. The number of nitrogens with zero attached hydrogens (tertiary/aromatic N) is 3. The number of benzene rings is 2. The molecule has 9 heteroatoms. The molecular weight excluding hydrogens is 328 g/mol. The minimum Gasteiger partial charge on any atom is -0.505 e. The van der Waals surface area contributed by atoms with Crippen LogP contribution in [0.2, 0.25) is 0 Å². The van der Waals surface area contributed by atoms with E-state index in [4.69, 9.17) is 0 Å². The number of nitrogens with one attached hydrogen (secondary N) is 1. The van der Waals surface area contributed by atoms with Gasteiger partial charge in [-0.1, -0.05) is 18.2 Å². The number of para-hydroxylation sites is 1. The second-order valence-electron chi connectivity index (χ2n) is 5.01. The van der Waals surface area contributed by atoms with Gasteiger partial charge in [-0.25, -0.2) is 0 Å². The summed E-state index contributed by atoms with van der Waals surface area (Å²) >= 11 is 0. The van der Waals surface area contributed by atoms with Gasteiger partial charge in [-0.15, -0.1) is 0 Å². The number of hydrogen-bond acceptors (Lipinski definition) is 7. The number of azo groups is 1. The molecule has 0 aromatic heterocycles. The molecule has 1 amide bonds. The maximum absolute atomic E-state index is 12.2. The van der Waals surface area contributed by atoms with Crippen LogP contribution in [0.25, 0.3) is 0 Å². The molecule has 2 rings (SSSR count). The Hall–Kier alpha value is -3.62. The zero-order valence-electron chi connectivity index (χ0n) is 13.1. The van der Waals surface area contributed by atoms with E-state index in [2.05, 4.69) is 15.5 Å². The Morgan fingerprint density at radius 3 is 2.44 bits per heavy atom. The molecule has 25 heavy (non-hydrogen) atoms. The van der Waals surface area contributed by atoms with Crippen LogP contribution >= 0.6 is 0 Å². The Balaban J connectivity index is 2.18. The van der Waals surface area contributed by atoms with Crippen LogP contribution in [-0.2, 0) is 9.59 Å². The largest absolute Gasteiger partial charge is 0.505 e. The van der Waals surface area contributed by atoms with Crippen molar-refractivity contribution in [1.82, 2.24) is 0 Å². The van der Waals surface area contributed by atoms with Crippen LogP contribution in [0.4, 0.5) is 17.1 Å². The Morgan fingerprint density at radius 2 is 1.88 bits per heavy atom. The Morgan fingerprint density at radius 1 is 1.20 bits per heavy atom. The van der Waals surface area contributed by atoms with Crippen molar-refractivity contribution < 1.29 is 19.6 Å². The fourth-order valence-corrected chi connectivity index (χ4v) is 1.88. The van der Waals surface area contributed by atoms with Crippen LogP contribution in [0, 0.1) is 10.1 Å². The molecule has 0 aliphatic heterocycles. The number of nitro groups is 1. The van der Waals surface area contributed by atoms with Crippen LogP contribution in [-0.4, -0.2) is 27.8 Å². The maximum atomic E-state index is 12.2. The third-order valence-corrected chi connectivity index (χ3v) is 3.13. The summed E-state index contributed by atoms with van der Waals surface area (Å²) < 4.78 is 0. The minimum absolute atomic E-state index is 0.0932. The lowest BCUT2D eigenvalue weighted by Gasteiger charge is -2.09. The van der Waals surface area contributed by atoms with Gasteiger partial charge >= 0.3 is 0 Å². The number of phenols is 1. The van der Waals surface area contributed by atoms with Gasteiger partial charge in [-0.3, -0.25) is 19.7 Å². The normalized spacial score (nSPS) is 11.9. The molecule has 0 aliphatic carbocycles. The van der Waals surface area contributed by atoms with Crippen molar-refractivity contribution in [2.75, 3.05) is 5.32 Å². The SMILES string of the molecule is CC(=O)C(N=Nc1ccc([N+](=O)[O-])cc1O)C(=O)Nc1ccccc1. The second-order valence-corrected chi connectivity index (χ2v) is 5.01. The summed E-state index contributed by atoms with van der Waals surface area (Å²) in [6.07, 6.45) is 0. The highest BCUT2D eigenvalue weighted by Gasteiger charge is 2.23. The molecule has 0 fully saturated rings. The molecule has 2 aromatic carbocycles. The molecule has 0 heterocycles. The van der Waals surface area contributed by atoms with Crippen LogP contribution in [0.3, 0.4) is 0 Å².